The molecular formula is C20H24N6O. The van der Waals surface area contributed by atoms with Gasteiger partial charge in [0.1, 0.15) is 12.4 Å². The summed E-state index contributed by atoms with van der Waals surface area (Å²) in [7, 11) is 3.77. The topological polar surface area (TPSA) is 67.6 Å². The third-order valence-corrected chi connectivity index (χ3v) is 3.94. The molecule has 0 aliphatic rings. The largest absolute Gasteiger partial charge is 0.490 e. The second-order valence-electron chi connectivity index (χ2n) is 6.00. The molecular weight excluding hydrogens is 340 g/mol. The van der Waals surface area contributed by atoms with Crippen LogP contribution in [0, 0.1) is 0 Å². The number of aliphatic imine (C=N–C) groups is 1. The lowest BCUT2D eigenvalue weighted by Crippen LogP contribution is -2.40. The smallest absolute Gasteiger partial charge is 0.193 e. The standard InChI is InChI=1S/C20H24N6O/c1-21-20(23-11-12-27-19-9-6-10-22-14-19)25(2)15-17-13-24-26(16-17)18-7-4-3-5-8-18/h3-10,13-14,16H,11-12,15H2,1-2H3,(H,21,23). The highest BCUT2D eigenvalue weighted by atomic mass is 16.5. The van der Waals surface area contributed by atoms with Crippen LogP contribution in [0.3, 0.4) is 0 Å². The molecule has 0 atom stereocenters. The first-order valence-electron chi connectivity index (χ1n) is 8.80. The Hall–Kier alpha value is -3.35. The van der Waals surface area contributed by atoms with Crippen molar-refractivity contribution in [1.82, 2.24) is 25.0 Å². The highest BCUT2D eigenvalue weighted by Gasteiger charge is 2.08. The second kappa shape index (κ2) is 9.38. The Kier molecular flexibility index (Phi) is 6.40. The zero-order valence-corrected chi connectivity index (χ0v) is 15.6. The number of nitrogens with zero attached hydrogens (tertiary/aromatic N) is 5. The Bertz CT molecular complexity index is 847. The van der Waals surface area contributed by atoms with Crippen molar-refractivity contribution in [3.63, 3.8) is 0 Å². The Morgan fingerprint density at radius 1 is 1.19 bits per heavy atom. The molecule has 1 N–H and O–H groups in total. The molecule has 7 nitrogen and oxygen atoms in total. The third-order valence-electron chi connectivity index (χ3n) is 3.94. The van der Waals surface area contributed by atoms with E-state index in [1.54, 1.807) is 19.4 Å². The fraction of sp³-hybridized carbons (Fsp3) is 0.250. The Labute approximate surface area is 159 Å². The number of guanidine groups is 1. The zero-order chi connectivity index (χ0) is 18.9. The van der Waals surface area contributed by atoms with Gasteiger partial charge >= 0.3 is 0 Å². The summed E-state index contributed by atoms with van der Waals surface area (Å²) in [6, 6.07) is 13.8. The van der Waals surface area contributed by atoms with E-state index >= 15 is 0 Å². The van der Waals surface area contributed by atoms with Crippen LogP contribution in [-0.4, -0.2) is 52.9 Å². The van der Waals surface area contributed by atoms with Gasteiger partial charge < -0.3 is 15.0 Å². The molecule has 0 amide bonds. The lowest BCUT2D eigenvalue weighted by atomic mass is 10.3. The van der Waals surface area contributed by atoms with Crippen molar-refractivity contribution in [2.24, 2.45) is 4.99 Å². The van der Waals surface area contributed by atoms with Gasteiger partial charge in [0.15, 0.2) is 5.96 Å². The average Bonchev–Trinajstić information content (AvgIpc) is 3.18. The number of hydrogen-bond acceptors (Lipinski definition) is 4. The third kappa shape index (κ3) is 5.31. The highest BCUT2D eigenvalue weighted by Crippen LogP contribution is 2.09. The monoisotopic (exact) mass is 364 g/mol. The molecule has 0 fully saturated rings. The fourth-order valence-corrected chi connectivity index (χ4v) is 2.66. The summed E-state index contributed by atoms with van der Waals surface area (Å²) in [6.45, 7) is 1.88. The molecule has 0 aliphatic heterocycles. The number of aromatic nitrogens is 3. The minimum Gasteiger partial charge on any atom is -0.490 e. The minimum absolute atomic E-state index is 0.532. The number of hydrogen-bond donors (Lipinski definition) is 1. The van der Waals surface area contributed by atoms with E-state index in [-0.39, 0.29) is 0 Å². The van der Waals surface area contributed by atoms with E-state index in [1.165, 1.54) is 0 Å². The number of ether oxygens (including phenoxy) is 1. The van der Waals surface area contributed by atoms with Gasteiger partial charge in [-0.1, -0.05) is 18.2 Å². The van der Waals surface area contributed by atoms with Gasteiger partial charge in [-0.25, -0.2) is 4.68 Å². The lowest BCUT2D eigenvalue weighted by Gasteiger charge is -2.21. The maximum atomic E-state index is 5.64. The van der Waals surface area contributed by atoms with Crippen LogP contribution >= 0.6 is 0 Å². The van der Waals surface area contributed by atoms with Crippen molar-refractivity contribution in [2.45, 2.75) is 6.54 Å². The molecule has 2 aromatic heterocycles. The van der Waals surface area contributed by atoms with Gasteiger partial charge in [0.05, 0.1) is 24.6 Å². The van der Waals surface area contributed by atoms with Crippen molar-refractivity contribution >= 4 is 5.96 Å². The van der Waals surface area contributed by atoms with Crippen LogP contribution in [-0.2, 0) is 6.54 Å². The SMILES string of the molecule is CN=C(NCCOc1cccnc1)N(C)Cc1cnn(-c2ccccc2)c1. The van der Waals surface area contributed by atoms with Crippen LogP contribution in [0.4, 0.5) is 0 Å². The van der Waals surface area contributed by atoms with Crippen LogP contribution < -0.4 is 10.1 Å². The molecule has 0 aliphatic carbocycles. The summed E-state index contributed by atoms with van der Waals surface area (Å²) in [5.41, 5.74) is 2.15. The number of pyridine rings is 1. The van der Waals surface area contributed by atoms with E-state index in [1.807, 2.05) is 66.6 Å². The summed E-state index contributed by atoms with van der Waals surface area (Å²) in [5, 5.41) is 7.74. The van der Waals surface area contributed by atoms with E-state index in [2.05, 4.69) is 25.3 Å². The van der Waals surface area contributed by atoms with Crippen LogP contribution in [0.1, 0.15) is 5.56 Å². The number of benzene rings is 1. The lowest BCUT2D eigenvalue weighted by molar-refractivity contribution is 0.318. The number of nitrogens with one attached hydrogen (secondary N) is 1. The normalized spacial score (nSPS) is 11.3. The molecule has 0 bridgehead atoms. The molecule has 140 valence electrons. The first kappa shape index (κ1) is 18.4. The van der Waals surface area contributed by atoms with Crippen LogP contribution in [0.5, 0.6) is 5.75 Å². The zero-order valence-electron chi connectivity index (χ0n) is 15.6. The summed E-state index contributed by atoms with van der Waals surface area (Å²) < 4.78 is 7.52. The first-order chi connectivity index (χ1) is 13.3. The molecule has 7 heteroatoms. The van der Waals surface area contributed by atoms with E-state index in [0.29, 0.717) is 19.7 Å². The van der Waals surface area contributed by atoms with Crippen molar-refractivity contribution in [1.29, 1.82) is 0 Å². The predicted molar refractivity (Wildman–Crippen MR) is 106 cm³/mol. The van der Waals surface area contributed by atoms with Gasteiger partial charge in [0.2, 0.25) is 0 Å². The molecule has 0 unspecified atom stereocenters. The van der Waals surface area contributed by atoms with Gasteiger partial charge in [0, 0.05) is 38.6 Å². The quantitative estimate of drug-likeness (QED) is 0.396. The summed E-state index contributed by atoms with van der Waals surface area (Å²) in [6.07, 6.45) is 7.33. The van der Waals surface area contributed by atoms with E-state index < -0.39 is 0 Å². The van der Waals surface area contributed by atoms with Gasteiger partial charge in [-0.15, -0.1) is 0 Å². The molecule has 3 rings (SSSR count). The van der Waals surface area contributed by atoms with Gasteiger partial charge in [-0.2, -0.15) is 5.10 Å². The predicted octanol–water partition coefficient (Wildman–Crippen LogP) is 2.35. The molecule has 0 spiro atoms. The van der Waals surface area contributed by atoms with E-state index in [4.69, 9.17) is 4.74 Å². The Balaban J connectivity index is 1.49. The molecule has 0 radical (unpaired) electrons. The van der Waals surface area contributed by atoms with E-state index in [0.717, 1.165) is 23.0 Å². The van der Waals surface area contributed by atoms with Crippen molar-refractivity contribution in [3.05, 3.63) is 72.8 Å². The summed E-state index contributed by atoms with van der Waals surface area (Å²) in [4.78, 5) is 10.4. The number of para-hydroxylation sites is 1. The molecule has 3 aromatic rings. The maximum Gasteiger partial charge on any atom is 0.193 e. The van der Waals surface area contributed by atoms with Crippen molar-refractivity contribution in [2.75, 3.05) is 27.2 Å². The minimum atomic E-state index is 0.532. The van der Waals surface area contributed by atoms with Gasteiger partial charge in [-0.3, -0.25) is 9.98 Å². The summed E-state index contributed by atoms with van der Waals surface area (Å²) in [5.74, 6) is 1.56. The molecule has 2 heterocycles. The highest BCUT2D eigenvalue weighted by molar-refractivity contribution is 5.79. The van der Waals surface area contributed by atoms with Gasteiger partial charge in [0.25, 0.3) is 0 Å². The molecule has 0 saturated heterocycles. The van der Waals surface area contributed by atoms with Crippen molar-refractivity contribution in [3.8, 4) is 11.4 Å². The Morgan fingerprint density at radius 3 is 2.78 bits per heavy atom. The number of rotatable bonds is 7. The fourth-order valence-electron chi connectivity index (χ4n) is 2.66. The van der Waals surface area contributed by atoms with E-state index in [9.17, 15) is 0 Å². The first-order valence-corrected chi connectivity index (χ1v) is 8.80. The average molecular weight is 364 g/mol. The van der Waals surface area contributed by atoms with Crippen molar-refractivity contribution < 1.29 is 4.74 Å². The van der Waals surface area contributed by atoms with Crippen LogP contribution in [0.25, 0.3) is 5.69 Å². The Morgan fingerprint density at radius 2 is 2.04 bits per heavy atom. The molecule has 27 heavy (non-hydrogen) atoms. The summed E-state index contributed by atoms with van der Waals surface area (Å²) >= 11 is 0. The van der Waals surface area contributed by atoms with Crippen LogP contribution in [0.2, 0.25) is 0 Å². The molecule has 0 saturated carbocycles. The second-order valence-corrected chi connectivity index (χ2v) is 6.00. The van der Waals surface area contributed by atoms with Gasteiger partial charge in [-0.05, 0) is 24.3 Å². The molecule has 1 aromatic carbocycles. The maximum absolute atomic E-state index is 5.64. The van der Waals surface area contributed by atoms with Crippen LogP contribution in [0.15, 0.2) is 72.2 Å².